The van der Waals surface area contributed by atoms with Crippen LogP contribution in [-0.2, 0) is 17.8 Å². The second kappa shape index (κ2) is 5.44. The third-order valence-electron chi connectivity index (χ3n) is 3.89. The van der Waals surface area contributed by atoms with Crippen LogP contribution in [0.25, 0.3) is 16.2 Å². The quantitative estimate of drug-likeness (QED) is 0.849. The van der Waals surface area contributed by atoms with Gasteiger partial charge in [0.1, 0.15) is 0 Å². The summed E-state index contributed by atoms with van der Waals surface area (Å²) in [7, 11) is 2.08. The smallest absolute Gasteiger partial charge is 0.331 e. The maximum Gasteiger partial charge on any atom is 0.331 e. The zero-order valence-electron chi connectivity index (χ0n) is 11.9. The van der Waals surface area contributed by atoms with E-state index >= 15 is 0 Å². The number of likely N-dealkylation sites (N-methyl/N-ethyl adjacent to an activating group) is 1. The minimum absolute atomic E-state index is 0.359. The topological polar surface area (TPSA) is 40.5 Å². The Morgan fingerprint density at radius 2 is 2.19 bits per heavy atom. The zero-order valence-corrected chi connectivity index (χ0v) is 13.5. The van der Waals surface area contributed by atoms with E-state index in [-0.39, 0.29) is 0 Å². The van der Waals surface area contributed by atoms with Gasteiger partial charge in [-0.25, -0.2) is 4.79 Å². The molecule has 1 aromatic heterocycles. The summed E-state index contributed by atoms with van der Waals surface area (Å²) in [5, 5.41) is 11.1. The number of carbonyl (C=O) groups is 1. The molecule has 21 heavy (non-hydrogen) atoms. The molecule has 0 saturated heterocycles. The fraction of sp³-hybridized carbons (Fsp3) is 0.312. The number of carboxylic acids is 1. The molecule has 3 rings (SSSR count). The van der Waals surface area contributed by atoms with E-state index in [0.717, 1.165) is 29.4 Å². The van der Waals surface area contributed by atoms with E-state index in [2.05, 4.69) is 11.9 Å². The number of benzene rings is 1. The molecule has 2 heterocycles. The normalized spacial score (nSPS) is 16.2. The van der Waals surface area contributed by atoms with Crippen LogP contribution in [0.3, 0.4) is 0 Å². The highest BCUT2D eigenvalue weighted by Gasteiger charge is 2.21. The maximum atomic E-state index is 11.1. The molecule has 0 aliphatic carbocycles. The molecule has 0 amide bonds. The fourth-order valence-corrected chi connectivity index (χ4v) is 4.25. The molecule has 0 radical (unpaired) electrons. The van der Waals surface area contributed by atoms with Crippen LogP contribution >= 0.6 is 22.9 Å². The molecule has 110 valence electrons. The van der Waals surface area contributed by atoms with Crippen molar-refractivity contribution < 1.29 is 9.90 Å². The first kappa shape index (κ1) is 14.6. The number of rotatable bonds is 2. The van der Waals surface area contributed by atoms with Gasteiger partial charge in [-0.2, -0.15) is 0 Å². The molecule has 1 N–H and O–H groups in total. The zero-order chi connectivity index (χ0) is 15.1. The number of thiophene rings is 1. The second-order valence-electron chi connectivity index (χ2n) is 5.46. The third kappa shape index (κ3) is 2.59. The molecular weight excluding hydrogens is 306 g/mol. The summed E-state index contributed by atoms with van der Waals surface area (Å²) < 4.78 is 1.18. The summed E-state index contributed by atoms with van der Waals surface area (Å²) in [6, 6.07) is 3.98. The second-order valence-corrected chi connectivity index (χ2v) is 6.96. The van der Waals surface area contributed by atoms with E-state index in [1.807, 2.05) is 12.1 Å². The van der Waals surface area contributed by atoms with Gasteiger partial charge < -0.3 is 10.0 Å². The van der Waals surface area contributed by atoms with E-state index in [1.54, 1.807) is 24.3 Å². The number of hydrogen-bond donors (Lipinski definition) is 1. The molecule has 0 bridgehead atoms. The highest BCUT2D eigenvalue weighted by atomic mass is 35.5. The number of aliphatic carboxylic acids is 1. The van der Waals surface area contributed by atoms with Crippen LogP contribution in [0.1, 0.15) is 22.9 Å². The van der Waals surface area contributed by atoms with Crippen molar-refractivity contribution >= 4 is 45.1 Å². The summed E-state index contributed by atoms with van der Waals surface area (Å²) in [4.78, 5) is 14.4. The van der Waals surface area contributed by atoms with E-state index < -0.39 is 5.97 Å². The molecule has 2 aromatic rings. The first-order valence-electron chi connectivity index (χ1n) is 6.80. The molecule has 3 nitrogen and oxygen atoms in total. The summed E-state index contributed by atoms with van der Waals surface area (Å²) >= 11 is 8.01. The predicted octanol–water partition coefficient (Wildman–Crippen LogP) is 4.03. The minimum Gasteiger partial charge on any atom is -0.478 e. The molecule has 0 fully saturated rings. The van der Waals surface area contributed by atoms with Crippen LogP contribution < -0.4 is 0 Å². The van der Waals surface area contributed by atoms with Gasteiger partial charge in [0.05, 0.1) is 0 Å². The standard InChI is InChI=1S/C16H16ClNO2S/c1-9(16(19)20)7-14-11-8-18(2)6-5-10-12(17)3-4-13(21-14)15(10)11/h3-4,7H,5-6,8H2,1-2H3,(H,19,20)/b9-7+. The molecule has 1 aliphatic rings. The van der Waals surface area contributed by atoms with Crippen molar-refractivity contribution in [3.05, 3.63) is 38.7 Å². The lowest BCUT2D eigenvalue weighted by Gasteiger charge is -2.13. The Hall–Kier alpha value is -1.36. The Labute approximate surface area is 132 Å². The Morgan fingerprint density at radius 1 is 1.43 bits per heavy atom. The molecule has 5 heteroatoms. The Morgan fingerprint density at radius 3 is 2.90 bits per heavy atom. The van der Waals surface area contributed by atoms with E-state index in [4.69, 9.17) is 16.7 Å². The molecule has 1 aromatic carbocycles. The SMILES string of the molecule is C/C(=C\c1sc2ccc(Cl)c3c2c1CN(C)CC3)C(=O)O. The van der Waals surface area contributed by atoms with Gasteiger partial charge in [-0.15, -0.1) is 11.3 Å². The lowest BCUT2D eigenvalue weighted by Crippen LogP contribution is -2.18. The van der Waals surface area contributed by atoms with Crippen LogP contribution in [-0.4, -0.2) is 29.6 Å². The van der Waals surface area contributed by atoms with Gasteiger partial charge in [-0.05, 0) is 49.7 Å². The molecular formula is C16H16ClNO2S. The van der Waals surface area contributed by atoms with Crippen LogP contribution in [0.4, 0.5) is 0 Å². The number of carboxylic acid groups (broad SMARTS) is 1. The summed E-state index contributed by atoms with van der Waals surface area (Å²) in [6.45, 7) is 3.42. The Balaban J connectivity index is 2.28. The predicted molar refractivity (Wildman–Crippen MR) is 88.2 cm³/mol. The van der Waals surface area contributed by atoms with E-state index in [1.165, 1.54) is 21.2 Å². The van der Waals surface area contributed by atoms with Crippen molar-refractivity contribution in [2.45, 2.75) is 19.9 Å². The first-order valence-corrected chi connectivity index (χ1v) is 7.99. The van der Waals surface area contributed by atoms with E-state index in [0.29, 0.717) is 5.57 Å². The summed E-state index contributed by atoms with van der Waals surface area (Å²) in [6.07, 6.45) is 2.71. The molecule has 0 spiro atoms. The van der Waals surface area contributed by atoms with Gasteiger partial charge in [0.15, 0.2) is 0 Å². The van der Waals surface area contributed by atoms with Crippen LogP contribution in [0, 0.1) is 0 Å². The average Bonchev–Trinajstić information content (AvgIpc) is 2.64. The Bertz CT molecular complexity index is 763. The number of hydrogen-bond acceptors (Lipinski definition) is 3. The largest absolute Gasteiger partial charge is 0.478 e. The fourth-order valence-electron chi connectivity index (χ4n) is 2.75. The van der Waals surface area contributed by atoms with Crippen molar-refractivity contribution in [3.63, 3.8) is 0 Å². The monoisotopic (exact) mass is 321 g/mol. The van der Waals surface area contributed by atoms with Crippen molar-refractivity contribution in [2.24, 2.45) is 0 Å². The van der Waals surface area contributed by atoms with Crippen molar-refractivity contribution in [3.8, 4) is 0 Å². The van der Waals surface area contributed by atoms with Gasteiger partial charge >= 0.3 is 5.97 Å². The molecule has 0 atom stereocenters. The van der Waals surface area contributed by atoms with Crippen LogP contribution in [0.2, 0.25) is 5.02 Å². The van der Waals surface area contributed by atoms with Gasteiger partial charge in [0.2, 0.25) is 0 Å². The van der Waals surface area contributed by atoms with Crippen molar-refractivity contribution in [1.29, 1.82) is 0 Å². The first-order chi connectivity index (χ1) is 9.97. The van der Waals surface area contributed by atoms with Gasteiger partial charge in [-0.3, -0.25) is 0 Å². The third-order valence-corrected chi connectivity index (χ3v) is 5.39. The van der Waals surface area contributed by atoms with Gasteiger partial charge in [-0.1, -0.05) is 11.6 Å². The number of nitrogens with zero attached hydrogens (tertiary/aromatic N) is 1. The lowest BCUT2D eigenvalue weighted by atomic mass is 10.0. The van der Waals surface area contributed by atoms with Crippen LogP contribution in [0.5, 0.6) is 0 Å². The van der Waals surface area contributed by atoms with Gasteiger partial charge in [0.25, 0.3) is 0 Å². The van der Waals surface area contributed by atoms with Gasteiger partial charge in [0, 0.05) is 38.6 Å². The van der Waals surface area contributed by atoms with Crippen molar-refractivity contribution in [1.82, 2.24) is 4.90 Å². The summed E-state index contributed by atoms with van der Waals surface area (Å²) in [5.74, 6) is -0.875. The molecule has 0 saturated carbocycles. The molecule has 1 aliphatic heterocycles. The Kier molecular flexibility index (Phi) is 3.78. The van der Waals surface area contributed by atoms with Crippen molar-refractivity contribution in [2.75, 3.05) is 13.6 Å². The minimum atomic E-state index is -0.875. The maximum absolute atomic E-state index is 11.1. The van der Waals surface area contributed by atoms with Crippen LogP contribution in [0.15, 0.2) is 17.7 Å². The number of halogens is 1. The highest BCUT2D eigenvalue weighted by Crippen LogP contribution is 2.40. The molecule has 0 unspecified atom stereocenters. The lowest BCUT2D eigenvalue weighted by molar-refractivity contribution is -0.132. The van der Waals surface area contributed by atoms with E-state index in [9.17, 15) is 4.79 Å². The summed E-state index contributed by atoms with van der Waals surface area (Å²) in [5.41, 5.74) is 2.75. The average molecular weight is 322 g/mol. The highest BCUT2D eigenvalue weighted by molar-refractivity contribution is 7.20.